The summed E-state index contributed by atoms with van der Waals surface area (Å²) in [5, 5.41) is 9.75. The summed E-state index contributed by atoms with van der Waals surface area (Å²) in [7, 11) is 0. The molecule has 1 aromatic rings. The van der Waals surface area contributed by atoms with Crippen molar-refractivity contribution in [3.8, 4) is 11.8 Å². The molecule has 1 atom stereocenters. The van der Waals surface area contributed by atoms with Crippen LogP contribution in [-0.2, 0) is 0 Å². The van der Waals surface area contributed by atoms with Crippen LogP contribution in [0.1, 0.15) is 31.4 Å². The van der Waals surface area contributed by atoms with Gasteiger partial charge in [-0.2, -0.15) is 0 Å². The summed E-state index contributed by atoms with van der Waals surface area (Å²) in [6.45, 7) is 1.74. The molecule has 0 aromatic heterocycles. The number of aliphatic hydroxyl groups is 1. The second-order valence-corrected chi connectivity index (χ2v) is 3.56. The minimum Gasteiger partial charge on any atom is -0.388 e. The molecule has 0 spiro atoms. The SMILES string of the molecule is CC#CCCC(O)c1ccc(Cl)c(F)c1. The van der Waals surface area contributed by atoms with Crippen LogP contribution in [0.15, 0.2) is 18.2 Å². The lowest BCUT2D eigenvalue weighted by molar-refractivity contribution is 0.169. The lowest BCUT2D eigenvalue weighted by Gasteiger charge is -2.09. The molecule has 80 valence electrons. The van der Waals surface area contributed by atoms with Gasteiger partial charge >= 0.3 is 0 Å². The summed E-state index contributed by atoms with van der Waals surface area (Å²) in [4.78, 5) is 0. The first-order chi connectivity index (χ1) is 7.15. The number of hydrogen-bond acceptors (Lipinski definition) is 1. The van der Waals surface area contributed by atoms with E-state index < -0.39 is 11.9 Å². The quantitative estimate of drug-likeness (QED) is 0.784. The molecule has 15 heavy (non-hydrogen) atoms. The van der Waals surface area contributed by atoms with Gasteiger partial charge in [-0.15, -0.1) is 11.8 Å². The van der Waals surface area contributed by atoms with Crippen LogP contribution in [0.25, 0.3) is 0 Å². The highest BCUT2D eigenvalue weighted by Crippen LogP contribution is 2.22. The average Bonchev–Trinajstić information content (AvgIpc) is 2.22. The molecule has 1 unspecified atom stereocenters. The van der Waals surface area contributed by atoms with Gasteiger partial charge in [-0.25, -0.2) is 4.39 Å². The smallest absolute Gasteiger partial charge is 0.142 e. The zero-order valence-corrected chi connectivity index (χ0v) is 9.18. The number of aliphatic hydroxyl groups excluding tert-OH is 1. The number of hydrogen-bond donors (Lipinski definition) is 1. The van der Waals surface area contributed by atoms with Crippen molar-refractivity contribution in [3.05, 3.63) is 34.6 Å². The molecule has 0 saturated heterocycles. The summed E-state index contributed by atoms with van der Waals surface area (Å²) in [6, 6.07) is 4.32. The molecule has 1 N–H and O–H groups in total. The van der Waals surface area contributed by atoms with Crippen molar-refractivity contribution in [2.45, 2.75) is 25.9 Å². The highest BCUT2D eigenvalue weighted by molar-refractivity contribution is 6.30. The van der Waals surface area contributed by atoms with E-state index in [0.717, 1.165) is 0 Å². The molecule has 0 aliphatic heterocycles. The van der Waals surface area contributed by atoms with Crippen molar-refractivity contribution < 1.29 is 9.50 Å². The van der Waals surface area contributed by atoms with E-state index in [1.165, 1.54) is 12.1 Å². The first-order valence-corrected chi connectivity index (χ1v) is 5.05. The highest BCUT2D eigenvalue weighted by Gasteiger charge is 2.09. The zero-order valence-electron chi connectivity index (χ0n) is 8.43. The van der Waals surface area contributed by atoms with Crippen molar-refractivity contribution >= 4 is 11.6 Å². The van der Waals surface area contributed by atoms with Crippen molar-refractivity contribution in [1.29, 1.82) is 0 Å². The molecule has 0 saturated carbocycles. The number of halogens is 2. The molecule has 1 nitrogen and oxygen atoms in total. The van der Waals surface area contributed by atoms with Gasteiger partial charge in [-0.1, -0.05) is 17.7 Å². The van der Waals surface area contributed by atoms with Gasteiger partial charge < -0.3 is 5.11 Å². The molecule has 0 radical (unpaired) electrons. The Morgan fingerprint density at radius 2 is 2.27 bits per heavy atom. The van der Waals surface area contributed by atoms with Crippen LogP contribution in [-0.4, -0.2) is 5.11 Å². The van der Waals surface area contributed by atoms with E-state index >= 15 is 0 Å². The fourth-order valence-corrected chi connectivity index (χ4v) is 1.34. The Bertz CT molecular complexity index is 392. The first kappa shape index (κ1) is 12.0. The first-order valence-electron chi connectivity index (χ1n) is 4.67. The number of benzene rings is 1. The van der Waals surface area contributed by atoms with E-state index in [2.05, 4.69) is 11.8 Å². The minimum absolute atomic E-state index is 0.0688. The van der Waals surface area contributed by atoms with Crippen LogP contribution in [0.3, 0.4) is 0 Å². The monoisotopic (exact) mass is 226 g/mol. The summed E-state index contributed by atoms with van der Waals surface area (Å²) in [5.74, 6) is 5.08. The molecular weight excluding hydrogens is 215 g/mol. The average molecular weight is 227 g/mol. The maximum absolute atomic E-state index is 13.1. The van der Waals surface area contributed by atoms with Crippen LogP contribution in [0.5, 0.6) is 0 Å². The second kappa shape index (κ2) is 5.75. The maximum Gasteiger partial charge on any atom is 0.142 e. The second-order valence-electron chi connectivity index (χ2n) is 3.15. The molecule has 0 fully saturated rings. The molecule has 0 bridgehead atoms. The Labute approximate surface area is 93.9 Å². The Balaban J connectivity index is 2.68. The topological polar surface area (TPSA) is 20.2 Å². The van der Waals surface area contributed by atoms with Crippen molar-refractivity contribution in [3.63, 3.8) is 0 Å². The molecule has 1 rings (SSSR count). The van der Waals surface area contributed by atoms with Crippen molar-refractivity contribution in [2.75, 3.05) is 0 Å². The molecule has 1 aromatic carbocycles. The normalized spacial score (nSPS) is 11.7. The van der Waals surface area contributed by atoms with Crippen LogP contribution < -0.4 is 0 Å². The number of rotatable bonds is 3. The van der Waals surface area contributed by atoms with Crippen LogP contribution in [0, 0.1) is 17.7 Å². The van der Waals surface area contributed by atoms with Crippen molar-refractivity contribution in [1.82, 2.24) is 0 Å². The van der Waals surface area contributed by atoms with E-state index in [0.29, 0.717) is 18.4 Å². The summed E-state index contributed by atoms with van der Waals surface area (Å²) in [6.07, 6.45) is 0.418. The Morgan fingerprint density at radius 3 is 2.87 bits per heavy atom. The van der Waals surface area contributed by atoms with Gasteiger partial charge in [0, 0.05) is 6.42 Å². The third-order valence-corrected chi connectivity index (χ3v) is 2.35. The maximum atomic E-state index is 13.1. The molecule has 0 aliphatic rings. The fourth-order valence-electron chi connectivity index (χ4n) is 1.22. The van der Waals surface area contributed by atoms with Gasteiger partial charge in [0.2, 0.25) is 0 Å². The van der Waals surface area contributed by atoms with Gasteiger partial charge in [0.1, 0.15) is 5.82 Å². The Morgan fingerprint density at radius 1 is 1.53 bits per heavy atom. The molecule has 0 amide bonds. The Hall–Kier alpha value is -1.04. The van der Waals surface area contributed by atoms with Gasteiger partial charge in [-0.05, 0) is 31.0 Å². The third-order valence-electron chi connectivity index (χ3n) is 2.05. The Kier molecular flexibility index (Phi) is 4.61. The highest BCUT2D eigenvalue weighted by atomic mass is 35.5. The van der Waals surface area contributed by atoms with E-state index in [4.69, 9.17) is 11.6 Å². The third kappa shape index (κ3) is 3.54. The van der Waals surface area contributed by atoms with Gasteiger partial charge in [0.15, 0.2) is 0 Å². The fraction of sp³-hybridized carbons (Fsp3) is 0.333. The predicted molar refractivity (Wildman–Crippen MR) is 59.1 cm³/mol. The lowest BCUT2D eigenvalue weighted by Crippen LogP contribution is -1.97. The summed E-state index contributed by atoms with van der Waals surface area (Å²) >= 11 is 5.53. The zero-order chi connectivity index (χ0) is 11.3. The van der Waals surface area contributed by atoms with Gasteiger partial charge in [0.25, 0.3) is 0 Å². The van der Waals surface area contributed by atoms with E-state index in [-0.39, 0.29) is 5.02 Å². The van der Waals surface area contributed by atoms with Gasteiger partial charge in [0.05, 0.1) is 11.1 Å². The van der Waals surface area contributed by atoms with Crippen LogP contribution >= 0.6 is 11.6 Å². The summed E-state index contributed by atoms with van der Waals surface area (Å²) < 4.78 is 13.1. The van der Waals surface area contributed by atoms with E-state index in [1.54, 1.807) is 13.0 Å². The molecule has 0 aliphatic carbocycles. The van der Waals surface area contributed by atoms with Gasteiger partial charge in [-0.3, -0.25) is 0 Å². The van der Waals surface area contributed by atoms with Crippen molar-refractivity contribution in [2.24, 2.45) is 0 Å². The van der Waals surface area contributed by atoms with E-state index in [9.17, 15) is 9.50 Å². The molecular formula is C12H12ClFO. The van der Waals surface area contributed by atoms with Crippen LogP contribution in [0.4, 0.5) is 4.39 Å². The van der Waals surface area contributed by atoms with Crippen LogP contribution in [0.2, 0.25) is 5.02 Å². The summed E-state index contributed by atoms with van der Waals surface area (Å²) in [5.41, 5.74) is 0.537. The van der Waals surface area contributed by atoms with E-state index in [1.807, 2.05) is 0 Å². The minimum atomic E-state index is -0.683. The standard InChI is InChI=1S/C12H12ClFO/c1-2-3-4-5-12(15)9-6-7-10(13)11(14)8-9/h6-8,12,15H,4-5H2,1H3. The molecule has 0 heterocycles. The molecule has 3 heteroatoms. The largest absolute Gasteiger partial charge is 0.388 e. The predicted octanol–water partition coefficient (Wildman–Crippen LogP) is 3.32. The lowest BCUT2D eigenvalue weighted by atomic mass is 10.1.